The molecule has 0 bridgehead atoms. The van der Waals surface area contributed by atoms with Crippen LogP contribution in [0.25, 0.3) is 0 Å². The van der Waals surface area contributed by atoms with Crippen molar-refractivity contribution >= 4 is 39.5 Å². The lowest BCUT2D eigenvalue weighted by Gasteiger charge is -2.21. The zero-order valence-corrected chi connectivity index (χ0v) is 65.2. The van der Waals surface area contributed by atoms with Crippen LogP contribution in [-0.2, 0) is 65.4 Å². The summed E-state index contributed by atoms with van der Waals surface area (Å²) in [5.41, 5.74) is 0. The van der Waals surface area contributed by atoms with Crippen LogP contribution in [0.2, 0.25) is 0 Å². The Bertz CT molecular complexity index is 1870. The first-order valence-corrected chi connectivity index (χ1v) is 43.5. The minimum Gasteiger partial charge on any atom is -0.462 e. The third-order valence-electron chi connectivity index (χ3n) is 18.2. The van der Waals surface area contributed by atoms with Crippen molar-refractivity contribution in [2.45, 2.75) is 426 Å². The first kappa shape index (κ1) is 95.1. The van der Waals surface area contributed by atoms with Crippen molar-refractivity contribution in [2.24, 2.45) is 11.8 Å². The van der Waals surface area contributed by atoms with Gasteiger partial charge in [-0.25, -0.2) is 9.13 Å². The maximum Gasteiger partial charge on any atom is 0.472 e. The number of phosphoric ester groups is 2. The van der Waals surface area contributed by atoms with Gasteiger partial charge in [-0.15, -0.1) is 0 Å². The quantitative estimate of drug-likeness (QED) is 0.0222. The van der Waals surface area contributed by atoms with Crippen molar-refractivity contribution in [3.05, 3.63) is 0 Å². The van der Waals surface area contributed by atoms with Crippen molar-refractivity contribution < 1.29 is 80.2 Å². The van der Waals surface area contributed by atoms with E-state index >= 15 is 0 Å². The Morgan fingerprint density at radius 1 is 0.278 bits per heavy atom. The maximum absolute atomic E-state index is 13.1. The van der Waals surface area contributed by atoms with E-state index in [9.17, 15) is 43.2 Å². The molecule has 2 unspecified atom stereocenters. The molecule has 0 aliphatic heterocycles. The van der Waals surface area contributed by atoms with E-state index in [1.807, 2.05) is 0 Å². The predicted molar refractivity (Wildman–Crippen MR) is 395 cm³/mol. The molecule has 3 N–H and O–H groups in total. The summed E-state index contributed by atoms with van der Waals surface area (Å²) in [6, 6.07) is 0. The number of carbonyl (C=O) groups excluding carboxylic acids is 4. The fraction of sp³-hybridized carbons (Fsp3) is 0.949. The molecule has 0 rings (SSSR count). The minimum absolute atomic E-state index is 0.107. The van der Waals surface area contributed by atoms with E-state index in [0.29, 0.717) is 25.7 Å². The van der Waals surface area contributed by atoms with Gasteiger partial charge in [0.1, 0.15) is 19.3 Å². The SMILES string of the molecule is CCCCCCCCCCCCCCCCC(=O)OC[C@H](COP(=O)(O)OC[C@@H](O)COP(=O)(O)OC[C@@H](COC(=O)CCCCCCCCCCCC(C)C)OC(=O)CCCCCCCCCCCCCCC)OC(=O)CCCCCCCCCCCCCCCCCC(C)C. The number of aliphatic hydroxyl groups is 1. The van der Waals surface area contributed by atoms with Crippen LogP contribution < -0.4 is 0 Å². The lowest BCUT2D eigenvalue weighted by Crippen LogP contribution is -2.30. The summed E-state index contributed by atoms with van der Waals surface area (Å²) < 4.78 is 68.6. The number of phosphoric acid groups is 2. The van der Waals surface area contributed by atoms with Crippen LogP contribution in [0.3, 0.4) is 0 Å². The molecule has 17 nitrogen and oxygen atoms in total. The number of hydrogen-bond donors (Lipinski definition) is 3. The molecule has 0 saturated carbocycles. The van der Waals surface area contributed by atoms with Crippen LogP contribution >= 0.6 is 15.6 Å². The molecular weight excluding hydrogens is 1270 g/mol. The number of hydrogen-bond acceptors (Lipinski definition) is 15. The number of unbranched alkanes of at least 4 members (excludes halogenated alkanes) is 47. The molecule has 0 aromatic carbocycles. The molecule has 0 radical (unpaired) electrons. The van der Waals surface area contributed by atoms with Crippen LogP contribution in [0, 0.1) is 11.8 Å². The molecular formula is C78H152O17P2. The van der Waals surface area contributed by atoms with Crippen LogP contribution in [-0.4, -0.2) is 96.7 Å². The molecule has 0 aromatic heterocycles. The average Bonchev–Trinajstić information content (AvgIpc) is 1.11. The molecule has 0 heterocycles. The third kappa shape index (κ3) is 72.2. The number of ether oxygens (including phenoxy) is 4. The standard InChI is InChI=1S/C78H152O17P2/c1-7-9-11-13-15-17-19-21-27-30-36-42-48-54-60-75(80)88-66-73(94-78(83)63-57-51-45-38-32-28-24-22-23-26-29-34-40-46-52-58-70(3)4)68-92-96(84,85)90-64-72(79)65-91-97(86,87)93-69-74(67-89-76(81)61-55-49-43-39-33-35-41-47-53-59-71(5)6)95-77(82)62-56-50-44-37-31-25-20-18-16-14-12-10-8-2/h70-74,79H,7-69H2,1-6H3,(H,84,85)(H,86,87)/t72-,73-,74-/m1/s1. The van der Waals surface area contributed by atoms with Gasteiger partial charge < -0.3 is 33.8 Å². The molecule has 0 saturated heterocycles. The summed E-state index contributed by atoms with van der Waals surface area (Å²) in [5, 5.41) is 10.6. The first-order valence-electron chi connectivity index (χ1n) is 40.5. The summed E-state index contributed by atoms with van der Waals surface area (Å²) in [6.45, 7) is 9.63. The van der Waals surface area contributed by atoms with Gasteiger partial charge in [-0.05, 0) is 37.5 Å². The van der Waals surface area contributed by atoms with Gasteiger partial charge in [0, 0.05) is 25.7 Å². The van der Waals surface area contributed by atoms with Gasteiger partial charge in [0.2, 0.25) is 0 Å². The minimum atomic E-state index is -4.96. The van der Waals surface area contributed by atoms with E-state index in [2.05, 4.69) is 41.5 Å². The average molecular weight is 1420 g/mol. The van der Waals surface area contributed by atoms with Crippen LogP contribution in [0.15, 0.2) is 0 Å². The summed E-state index contributed by atoms with van der Waals surface area (Å²) in [6.07, 6.45) is 58.1. The Morgan fingerprint density at radius 2 is 0.474 bits per heavy atom. The molecule has 5 atom stereocenters. The summed E-state index contributed by atoms with van der Waals surface area (Å²) in [4.78, 5) is 72.9. The molecule has 19 heteroatoms. The second-order valence-corrected chi connectivity index (χ2v) is 32.0. The Hall–Kier alpha value is -1.94. The molecule has 0 aliphatic carbocycles. The third-order valence-corrected chi connectivity index (χ3v) is 20.1. The van der Waals surface area contributed by atoms with E-state index in [0.717, 1.165) is 102 Å². The second-order valence-electron chi connectivity index (χ2n) is 29.1. The highest BCUT2D eigenvalue weighted by Crippen LogP contribution is 2.45. The summed E-state index contributed by atoms with van der Waals surface area (Å²) in [7, 11) is -9.91. The molecule has 0 spiro atoms. The fourth-order valence-electron chi connectivity index (χ4n) is 12.0. The van der Waals surface area contributed by atoms with Gasteiger partial charge in [0.15, 0.2) is 12.2 Å². The Kier molecular flexibility index (Phi) is 68.4. The van der Waals surface area contributed by atoms with Crippen molar-refractivity contribution in [1.82, 2.24) is 0 Å². The molecule has 0 aromatic rings. The van der Waals surface area contributed by atoms with E-state index in [1.54, 1.807) is 0 Å². The normalized spacial score (nSPS) is 14.0. The van der Waals surface area contributed by atoms with E-state index in [1.165, 1.54) is 225 Å². The lowest BCUT2D eigenvalue weighted by molar-refractivity contribution is -0.161. The Labute approximate surface area is 594 Å². The van der Waals surface area contributed by atoms with Gasteiger partial charge in [-0.2, -0.15) is 0 Å². The highest BCUT2D eigenvalue weighted by Gasteiger charge is 2.30. The summed E-state index contributed by atoms with van der Waals surface area (Å²) in [5.74, 6) is -0.563. The van der Waals surface area contributed by atoms with E-state index < -0.39 is 97.5 Å². The fourth-order valence-corrected chi connectivity index (χ4v) is 13.6. The highest BCUT2D eigenvalue weighted by atomic mass is 31.2. The molecule has 97 heavy (non-hydrogen) atoms. The predicted octanol–water partition coefficient (Wildman–Crippen LogP) is 23.1. The Morgan fingerprint density at radius 3 is 0.701 bits per heavy atom. The van der Waals surface area contributed by atoms with Crippen molar-refractivity contribution in [3.8, 4) is 0 Å². The number of rotatable bonds is 77. The van der Waals surface area contributed by atoms with Crippen molar-refractivity contribution in [2.75, 3.05) is 39.6 Å². The zero-order valence-electron chi connectivity index (χ0n) is 63.4. The molecule has 0 fully saturated rings. The van der Waals surface area contributed by atoms with Gasteiger partial charge in [0.25, 0.3) is 0 Å². The molecule has 576 valence electrons. The summed E-state index contributed by atoms with van der Waals surface area (Å²) >= 11 is 0. The Balaban J connectivity index is 5.25. The monoisotopic (exact) mass is 1420 g/mol. The van der Waals surface area contributed by atoms with E-state index in [4.69, 9.17) is 37.0 Å². The van der Waals surface area contributed by atoms with Gasteiger partial charge in [-0.3, -0.25) is 37.3 Å². The smallest absolute Gasteiger partial charge is 0.462 e. The molecule has 0 aliphatic rings. The largest absolute Gasteiger partial charge is 0.472 e. The van der Waals surface area contributed by atoms with Crippen LogP contribution in [0.1, 0.15) is 408 Å². The number of aliphatic hydroxyl groups excluding tert-OH is 1. The second kappa shape index (κ2) is 69.8. The number of carbonyl (C=O) groups is 4. The van der Waals surface area contributed by atoms with Crippen LogP contribution in [0.4, 0.5) is 0 Å². The van der Waals surface area contributed by atoms with Gasteiger partial charge in [-0.1, -0.05) is 356 Å². The van der Waals surface area contributed by atoms with Crippen molar-refractivity contribution in [1.29, 1.82) is 0 Å². The van der Waals surface area contributed by atoms with Gasteiger partial charge >= 0.3 is 39.5 Å². The topological polar surface area (TPSA) is 237 Å². The first-order chi connectivity index (χ1) is 46.9. The zero-order chi connectivity index (χ0) is 71.4. The highest BCUT2D eigenvalue weighted by molar-refractivity contribution is 7.47. The number of esters is 4. The lowest BCUT2D eigenvalue weighted by atomic mass is 10.0. The van der Waals surface area contributed by atoms with E-state index in [-0.39, 0.29) is 25.7 Å². The van der Waals surface area contributed by atoms with Crippen LogP contribution in [0.5, 0.6) is 0 Å². The van der Waals surface area contributed by atoms with Gasteiger partial charge in [0.05, 0.1) is 26.4 Å². The maximum atomic E-state index is 13.1. The van der Waals surface area contributed by atoms with Crippen molar-refractivity contribution in [3.63, 3.8) is 0 Å². The molecule has 0 amide bonds.